The molecule has 1 heterocycles. The first kappa shape index (κ1) is 12.6. The van der Waals surface area contributed by atoms with Gasteiger partial charge < -0.3 is 4.74 Å². The summed E-state index contributed by atoms with van der Waals surface area (Å²) in [6.07, 6.45) is 3.74. The molecule has 5 heteroatoms. The highest BCUT2D eigenvalue weighted by atomic mass is 16.5. The fourth-order valence-corrected chi connectivity index (χ4v) is 1.96. The molecule has 5 nitrogen and oxygen atoms in total. The second-order valence-corrected chi connectivity index (χ2v) is 4.02. The number of benzene rings is 1. The normalized spacial score (nSPS) is 12.4. The van der Waals surface area contributed by atoms with Gasteiger partial charge in [0.05, 0.1) is 18.8 Å². The van der Waals surface area contributed by atoms with Crippen molar-refractivity contribution in [1.82, 2.24) is 15.2 Å². The van der Waals surface area contributed by atoms with E-state index in [0.29, 0.717) is 6.61 Å². The highest BCUT2D eigenvalue weighted by Gasteiger charge is 2.17. The molecule has 0 saturated heterocycles. The number of rotatable bonds is 5. The third kappa shape index (κ3) is 2.52. The molecule has 1 aromatic carbocycles. The lowest BCUT2D eigenvalue weighted by atomic mass is 10.0. The molecule has 96 valence electrons. The summed E-state index contributed by atoms with van der Waals surface area (Å²) >= 11 is 0. The van der Waals surface area contributed by atoms with Crippen LogP contribution in [0.15, 0.2) is 36.7 Å². The highest BCUT2D eigenvalue weighted by Crippen LogP contribution is 2.29. The van der Waals surface area contributed by atoms with Crippen LogP contribution in [0.4, 0.5) is 0 Å². The summed E-state index contributed by atoms with van der Waals surface area (Å²) < 4.78 is 7.38. The minimum Gasteiger partial charge on any atom is -0.494 e. The lowest BCUT2D eigenvalue weighted by Crippen LogP contribution is -2.29. The smallest absolute Gasteiger partial charge is 0.124 e. The van der Waals surface area contributed by atoms with Crippen molar-refractivity contribution < 1.29 is 4.74 Å². The van der Waals surface area contributed by atoms with Gasteiger partial charge in [-0.25, -0.2) is 5.43 Å². The number of hydrazine groups is 1. The van der Waals surface area contributed by atoms with E-state index in [1.54, 1.807) is 10.9 Å². The first-order chi connectivity index (χ1) is 8.76. The molecule has 2 aromatic rings. The number of nitrogens with zero attached hydrogens (tertiary/aromatic N) is 2. The van der Waals surface area contributed by atoms with Crippen molar-refractivity contribution >= 4 is 0 Å². The summed E-state index contributed by atoms with van der Waals surface area (Å²) in [5.74, 6) is 6.51. The average molecular weight is 246 g/mol. The molecule has 1 atom stereocenters. The SMILES string of the molecule is CCOc1ccccc1C(NN)c1cnn(C)c1. The minimum atomic E-state index is -0.124. The van der Waals surface area contributed by atoms with Crippen LogP contribution >= 0.6 is 0 Å². The van der Waals surface area contributed by atoms with Gasteiger partial charge in [-0.3, -0.25) is 10.5 Å². The van der Waals surface area contributed by atoms with Gasteiger partial charge >= 0.3 is 0 Å². The maximum atomic E-state index is 5.67. The Hall–Kier alpha value is -1.85. The molecular weight excluding hydrogens is 228 g/mol. The van der Waals surface area contributed by atoms with Crippen LogP contribution in [-0.2, 0) is 7.05 Å². The van der Waals surface area contributed by atoms with Gasteiger partial charge in [-0.1, -0.05) is 18.2 Å². The molecule has 18 heavy (non-hydrogen) atoms. The van der Waals surface area contributed by atoms with E-state index >= 15 is 0 Å². The first-order valence-electron chi connectivity index (χ1n) is 5.92. The van der Waals surface area contributed by atoms with Gasteiger partial charge in [0.1, 0.15) is 5.75 Å². The zero-order valence-corrected chi connectivity index (χ0v) is 10.6. The summed E-state index contributed by atoms with van der Waals surface area (Å²) in [7, 11) is 1.88. The van der Waals surface area contributed by atoms with Crippen LogP contribution in [0, 0.1) is 0 Å². The third-order valence-electron chi connectivity index (χ3n) is 2.75. The van der Waals surface area contributed by atoms with Gasteiger partial charge in [-0.05, 0) is 13.0 Å². The quantitative estimate of drug-likeness (QED) is 0.618. The second-order valence-electron chi connectivity index (χ2n) is 4.02. The number of aryl methyl sites for hydroxylation is 1. The molecule has 0 aliphatic carbocycles. The molecule has 0 aliphatic heterocycles. The summed E-state index contributed by atoms with van der Waals surface area (Å²) in [6.45, 7) is 2.59. The molecule has 3 N–H and O–H groups in total. The largest absolute Gasteiger partial charge is 0.494 e. The number of nitrogens with one attached hydrogen (secondary N) is 1. The van der Waals surface area contributed by atoms with E-state index in [1.807, 2.05) is 44.4 Å². The van der Waals surface area contributed by atoms with Gasteiger partial charge in [-0.15, -0.1) is 0 Å². The van der Waals surface area contributed by atoms with Gasteiger partial charge in [0, 0.05) is 24.4 Å². The number of hydrogen-bond acceptors (Lipinski definition) is 4. The molecule has 0 aliphatic rings. The Kier molecular flexibility index (Phi) is 3.96. The van der Waals surface area contributed by atoms with Gasteiger partial charge in [0.2, 0.25) is 0 Å². The fraction of sp³-hybridized carbons (Fsp3) is 0.308. The zero-order valence-electron chi connectivity index (χ0n) is 10.6. The molecule has 0 saturated carbocycles. The fourth-order valence-electron chi connectivity index (χ4n) is 1.96. The second kappa shape index (κ2) is 5.66. The number of aromatic nitrogens is 2. The maximum Gasteiger partial charge on any atom is 0.124 e. The Morgan fingerprint density at radius 1 is 1.44 bits per heavy atom. The maximum absolute atomic E-state index is 5.67. The van der Waals surface area contributed by atoms with E-state index in [1.165, 1.54) is 0 Å². The van der Waals surface area contributed by atoms with Crippen LogP contribution < -0.4 is 16.0 Å². The molecule has 1 unspecified atom stereocenters. The van der Waals surface area contributed by atoms with Crippen molar-refractivity contribution in [3.8, 4) is 5.75 Å². The summed E-state index contributed by atoms with van der Waals surface area (Å²) in [4.78, 5) is 0. The van der Waals surface area contributed by atoms with Crippen LogP contribution in [0.5, 0.6) is 5.75 Å². The number of para-hydroxylation sites is 1. The number of hydrogen-bond donors (Lipinski definition) is 2. The number of nitrogens with two attached hydrogens (primary N) is 1. The summed E-state index contributed by atoms with van der Waals surface area (Å²) in [5, 5.41) is 4.17. The molecule has 0 fully saturated rings. The van der Waals surface area contributed by atoms with Crippen molar-refractivity contribution in [2.75, 3.05) is 6.61 Å². The topological polar surface area (TPSA) is 65.1 Å². The Morgan fingerprint density at radius 3 is 2.83 bits per heavy atom. The average Bonchev–Trinajstić information content (AvgIpc) is 2.79. The lowest BCUT2D eigenvalue weighted by Gasteiger charge is -2.18. The highest BCUT2D eigenvalue weighted by molar-refractivity contribution is 5.40. The van der Waals surface area contributed by atoms with Crippen molar-refractivity contribution in [3.63, 3.8) is 0 Å². The monoisotopic (exact) mass is 246 g/mol. The van der Waals surface area contributed by atoms with Crippen LogP contribution in [0.2, 0.25) is 0 Å². The van der Waals surface area contributed by atoms with E-state index < -0.39 is 0 Å². The predicted molar refractivity (Wildman–Crippen MR) is 70.0 cm³/mol. The molecule has 2 rings (SSSR count). The Balaban J connectivity index is 2.38. The van der Waals surface area contributed by atoms with Crippen molar-refractivity contribution in [3.05, 3.63) is 47.8 Å². The molecule has 1 aromatic heterocycles. The summed E-state index contributed by atoms with van der Waals surface area (Å²) in [5.41, 5.74) is 4.83. The third-order valence-corrected chi connectivity index (χ3v) is 2.75. The minimum absolute atomic E-state index is 0.124. The molecule has 0 amide bonds. The Bertz CT molecular complexity index is 509. The van der Waals surface area contributed by atoms with Crippen molar-refractivity contribution in [1.29, 1.82) is 0 Å². The summed E-state index contributed by atoms with van der Waals surface area (Å²) in [6, 6.07) is 7.74. The van der Waals surface area contributed by atoms with E-state index in [9.17, 15) is 0 Å². The first-order valence-corrected chi connectivity index (χ1v) is 5.92. The molecule has 0 spiro atoms. The van der Waals surface area contributed by atoms with E-state index in [2.05, 4.69) is 10.5 Å². The molecular formula is C13H18N4O. The predicted octanol–water partition coefficient (Wildman–Crippen LogP) is 1.37. The van der Waals surface area contributed by atoms with Gasteiger partial charge in [0.15, 0.2) is 0 Å². The van der Waals surface area contributed by atoms with Gasteiger partial charge in [-0.2, -0.15) is 5.10 Å². The van der Waals surface area contributed by atoms with E-state index in [4.69, 9.17) is 10.6 Å². The van der Waals surface area contributed by atoms with Crippen molar-refractivity contribution in [2.24, 2.45) is 12.9 Å². The van der Waals surface area contributed by atoms with Crippen LogP contribution in [0.3, 0.4) is 0 Å². The molecule has 0 radical (unpaired) electrons. The van der Waals surface area contributed by atoms with Gasteiger partial charge in [0.25, 0.3) is 0 Å². The van der Waals surface area contributed by atoms with E-state index in [0.717, 1.165) is 16.9 Å². The standard InChI is InChI=1S/C13H18N4O/c1-3-18-12-7-5-4-6-11(12)13(16-14)10-8-15-17(2)9-10/h4-9,13,16H,3,14H2,1-2H3. The number of ether oxygens (including phenoxy) is 1. The lowest BCUT2D eigenvalue weighted by molar-refractivity contribution is 0.333. The Morgan fingerprint density at radius 2 is 2.22 bits per heavy atom. The van der Waals surface area contributed by atoms with E-state index in [-0.39, 0.29) is 6.04 Å². The van der Waals surface area contributed by atoms with Crippen LogP contribution in [0.1, 0.15) is 24.1 Å². The van der Waals surface area contributed by atoms with Crippen LogP contribution in [-0.4, -0.2) is 16.4 Å². The Labute approximate surface area is 107 Å². The van der Waals surface area contributed by atoms with Crippen LogP contribution in [0.25, 0.3) is 0 Å². The van der Waals surface area contributed by atoms with Crippen molar-refractivity contribution in [2.45, 2.75) is 13.0 Å². The molecule has 0 bridgehead atoms. The zero-order chi connectivity index (χ0) is 13.0.